The van der Waals surface area contributed by atoms with Crippen LogP contribution < -0.4 is 10.6 Å². The summed E-state index contributed by atoms with van der Waals surface area (Å²) in [7, 11) is 0. The van der Waals surface area contributed by atoms with Crippen molar-refractivity contribution in [2.24, 2.45) is 4.99 Å². The minimum Gasteiger partial charge on any atom is -0.357 e. The van der Waals surface area contributed by atoms with Crippen LogP contribution in [0.4, 0.5) is 0 Å². The average molecular weight is 461 g/mol. The molecule has 0 aliphatic carbocycles. The Balaban J connectivity index is 0.00000288. The Morgan fingerprint density at radius 2 is 2.04 bits per heavy atom. The predicted octanol–water partition coefficient (Wildman–Crippen LogP) is 3.65. The number of aromatic nitrogens is 2. The van der Waals surface area contributed by atoms with Gasteiger partial charge in [0.25, 0.3) is 0 Å². The lowest BCUT2D eigenvalue weighted by Gasteiger charge is -2.10. The van der Waals surface area contributed by atoms with E-state index in [4.69, 9.17) is 0 Å². The summed E-state index contributed by atoms with van der Waals surface area (Å²) >= 11 is 1.85. The highest BCUT2D eigenvalue weighted by Crippen LogP contribution is 2.17. The first-order valence-corrected chi connectivity index (χ1v) is 9.13. The Hall–Kier alpha value is -1.09. The molecule has 2 aromatic rings. The fraction of sp³-hybridized carbons (Fsp3) is 0.529. The zero-order valence-corrected chi connectivity index (χ0v) is 17.8. The maximum Gasteiger partial charge on any atom is 0.191 e. The van der Waals surface area contributed by atoms with Crippen LogP contribution in [0.15, 0.2) is 23.3 Å². The van der Waals surface area contributed by atoms with Crippen molar-refractivity contribution < 1.29 is 0 Å². The number of thiophene rings is 1. The Bertz CT molecular complexity index is 620. The van der Waals surface area contributed by atoms with E-state index in [0.717, 1.165) is 50.6 Å². The highest BCUT2D eigenvalue weighted by molar-refractivity contribution is 14.0. The van der Waals surface area contributed by atoms with Gasteiger partial charge in [-0.25, -0.2) is 4.99 Å². The number of hydrogen-bond acceptors (Lipinski definition) is 3. The minimum atomic E-state index is 0. The van der Waals surface area contributed by atoms with E-state index in [2.05, 4.69) is 58.7 Å². The normalized spacial score (nSPS) is 11.2. The van der Waals surface area contributed by atoms with Gasteiger partial charge in [-0.15, -0.1) is 35.3 Å². The van der Waals surface area contributed by atoms with E-state index in [0.29, 0.717) is 0 Å². The third kappa shape index (κ3) is 6.80. The smallest absolute Gasteiger partial charge is 0.191 e. The van der Waals surface area contributed by atoms with Gasteiger partial charge in [-0.1, -0.05) is 6.92 Å². The summed E-state index contributed by atoms with van der Waals surface area (Å²) in [6, 6.07) is 4.38. The molecule has 0 fully saturated rings. The number of nitrogens with one attached hydrogen (secondary N) is 3. The fourth-order valence-corrected chi connectivity index (χ4v) is 3.19. The van der Waals surface area contributed by atoms with Crippen LogP contribution in [-0.4, -0.2) is 29.2 Å². The van der Waals surface area contributed by atoms with Crippen LogP contribution in [0.1, 0.15) is 41.3 Å². The molecule has 0 spiro atoms. The Kier molecular flexibility index (Phi) is 10.0. The summed E-state index contributed by atoms with van der Waals surface area (Å²) in [6.07, 6.45) is 5.10. The topological polar surface area (TPSA) is 65.1 Å². The van der Waals surface area contributed by atoms with E-state index >= 15 is 0 Å². The monoisotopic (exact) mass is 461 g/mol. The number of aliphatic imine (C=N–C) groups is 1. The van der Waals surface area contributed by atoms with Gasteiger partial charge in [0.2, 0.25) is 0 Å². The van der Waals surface area contributed by atoms with Crippen molar-refractivity contribution in [3.8, 4) is 0 Å². The molecule has 0 bridgehead atoms. The van der Waals surface area contributed by atoms with Crippen molar-refractivity contribution in [3.63, 3.8) is 0 Å². The lowest BCUT2D eigenvalue weighted by Crippen LogP contribution is -2.37. The zero-order chi connectivity index (χ0) is 16.5. The van der Waals surface area contributed by atoms with E-state index < -0.39 is 0 Å². The van der Waals surface area contributed by atoms with Crippen LogP contribution in [0.2, 0.25) is 0 Å². The van der Waals surface area contributed by atoms with Crippen LogP contribution in [0.25, 0.3) is 0 Å². The Labute approximate surface area is 165 Å². The summed E-state index contributed by atoms with van der Waals surface area (Å²) in [4.78, 5) is 7.40. The van der Waals surface area contributed by atoms with Gasteiger partial charge >= 0.3 is 0 Å². The van der Waals surface area contributed by atoms with Crippen molar-refractivity contribution in [1.82, 2.24) is 20.8 Å². The van der Waals surface area contributed by atoms with Crippen LogP contribution in [0.3, 0.4) is 0 Å². The van der Waals surface area contributed by atoms with Crippen LogP contribution in [0.5, 0.6) is 0 Å². The average Bonchev–Trinajstić information content (AvgIpc) is 3.18. The fourth-order valence-electron chi connectivity index (χ4n) is 2.31. The number of guanidine groups is 1. The molecule has 2 rings (SSSR count). The first-order valence-electron chi connectivity index (χ1n) is 8.31. The molecule has 0 saturated heterocycles. The number of rotatable bonds is 8. The number of aromatic amines is 1. The van der Waals surface area contributed by atoms with Gasteiger partial charge in [-0.05, 0) is 50.8 Å². The van der Waals surface area contributed by atoms with Gasteiger partial charge in [0.1, 0.15) is 0 Å². The predicted molar refractivity (Wildman–Crippen MR) is 114 cm³/mol. The summed E-state index contributed by atoms with van der Waals surface area (Å²) < 4.78 is 0. The molecular formula is C17H28IN5S. The minimum absolute atomic E-state index is 0. The van der Waals surface area contributed by atoms with Crippen LogP contribution >= 0.6 is 35.3 Å². The van der Waals surface area contributed by atoms with Crippen LogP contribution in [-0.2, 0) is 19.4 Å². The Morgan fingerprint density at radius 1 is 1.25 bits per heavy atom. The van der Waals surface area contributed by atoms with Gasteiger partial charge < -0.3 is 10.6 Å². The summed E-state index contributed by atoms with van der Waals surface area (Å²) in [5, 5.41) is 13.7. The maximum absolute atomic E-state index is 4.67. The largest absolute Gasteiger partial charge is 0.357 e. The van der Waals surface area contributed by atoms with E-state index in [-0.39, 0.29) is 24.0 Å². The van der Waals surface area contributed by atoms with E-state index in [1.54, 1.807) is 0 Å². The van der Waals surface area contributed by atoms with Crippen molar-refractivity contribution >= 4 is 41.3 Å². The summed E-state index contributed by atoms with van der Waals surface area (Å²) in [5.41, 5.74) is 2.45. The highest BCUT2D eigenvalue weighted by Gasteiger charge is 2.02. The molecule has 0 aliphatic rings. The summed E-state index contributed by atoms with van der Waals surface area (Å²) in [6.45, 7) is 8.85. The van der Waals surface area contributed by atoms with Crippen molar-refractivity contribution in [2.45, 2.75) is 46.6 Å². The molecule has 2 aromatic heterocycles. The molecule has 0 amide bonds. The van der Waals surface area contributed by atoms with E-state index in [9.17, 15) is 0 Å². The number of hydrogen-bond donors (Lipinski definition) is 3. The molecule has 0 aromatic carbocycles. The molecule has 0 radical (unpaired) electrons. The number of nitrogens with zero attached hydrogens (tertiary/aromatic N) is 2. The molecule has 0 saturated carbocycles. The number of halogens is 1. The molecule has 0 aliphatic heterocycles. The molecule has 0 atom stereocenters. The summed E-state index contributed by atoms with van der Waals surface area (Å²) in [5.74, 6) is 0.892. The van der Waals surface area contributed by atoms with Gasteiger partial charge in [0.05, 0.1) is 12.7 Å². The van der Waals surface area contributed by atoms with Crippen LogP contribution in [0, 0.1) is 6.92 Å². The first-order chi connectivity index (χ1) is 11.2. The standard InChI is InChI=1S/C17H27N5S.HI/c1-4-15-8-9-16(23-15)12-20-17(18-5-2)19-10-6-7-14-11-21-22-13(14)3;/h8-9,11H,4-7,10,12H2,1-3H3,(H,21,22)(H2,18,19,20);1H. The SMILES string of the molecule is CCNC(=NCc1ccc(CC)s1)NCCCc1cn[nH]c1C.I. The first kappa shape index (κ1) is 21.0. The van der Waals surface area contributed by atoms with Crippen molar-refractivity contribution in [3.05, 3.63) is 39.3 Å². The molecule has 7 heteroatoms. The third-order valence-electron chi connectivity index (χ3n) is 3.65. The van der Waals surface area contributed by atoms with Crippen molar-refractivity contribution in [1.29, 1.82) is 0 Å². The molecule has 3 N–H and O–H groups in total. The van der Waals surface area contributed by atoms with Gasteiger partial charge in [-0.2, -0.15) is 5.10 Å². The van der Waals surface area contributed by atoms with Gasteiger partial charge in [-0.3, -0.25) is 5.10 Å². The second kappa shape index (κ2) is 11.5. The lowest BCUT2D eigenvalue weighted by atomic mass is 10.1. The van der Waals surface area contributed by atoms with E-state index in [1.165, 1.54) is 15.3 Å². The van der Waals surface area contributed by atoms with Gasteiger partial charge in [0.15, 0.2) is 5.96 Å². The molecule has 5 nitrogen and oxygen atoms in total. The molecular weight excluding hydrogens is 433 g/mol. The van der Waals surface area contributed by atoms with E-state index in [1.807, 2.05) is 17.5 Å². The highest BCUT2D eigenvalue weighted by atomic mass is 127. The second-order valence-electron chi connectivity index (χ2n) is 5.47. The van der Waals surface area contributed by atoms with Crippen molar-refractivity contribution in [2.75, 3.05) is 13.1 Å². The molecule has 2 heterocycles. The Morgan fingerprint density at radius 3 is 2.67 bits per heavy atom. The lowest BCUT2D eigenvalue weighted by molar-refractivity contribution is 0.742. The molecule has 134 valence electrons. The maximum atomic E-state index is 4.67. The van der Waals surface area contributed by atoms with Gasteiger partial charge in [0, 0.05) is 28.5 Å². The zero-order valence-electron chi connectivity index (χ0n) is 14.7. The molecule has 24 heavy (non-hydrogen) atoms. The second-order valence-corrected chi connectivity index (χ2v) is 6.72. The molecule has 0 unspecified atom stereocenters. The number of H-pyrrole nitrogens is 1. The quantitative estimate of drug-likeness (QED) is 0.243. The number of aryl methyl sites for hydroxylation is 3. The third-order valence-corrected chi connectivity index (χ3v) is 4.87.